The fraction of sp³-hybridized carbons (Fsp3) is 0.367. The van der Waals surface area contributed by atoms with Gasteiger partial charge in [-0.1, -0.05) is 51.8 Å². The van der Waals surface area contributed by atoms with Crippen molar-refractivity contribution in [2.24, 2.45) is 10.8 Å². The van der Waals surface area contributed by atoms with E-state index in [2.05, 4.69) is 15.9 Å². The maximum atomic E-state index is 14.3. The van der Waals surface area contributed by atoms with Crippen molar-refractivity contribution in [1.82, 2.24) is 0 Å². The Morgan fingerprint density at radius 2 is 1.45 bits per heavy atom. The standard InChI is InChI=1S/C30H34BrClNO12PS/c1-29(2,3)27(35)40-18-42-44-46(37,45-43-19-41-28(36)30(4,5)6)17-33(47(38,39)24-14-22(31)13-23(32)15-24)26-12-20(16-34)11-21-9-7-8-10-25(21)26/h7-16H,17-19H2,1-6H3. The molecule has 0 spiro atoms. The number of hydrogen-bond acceptors (Lipinski definition) is 12. The molecule has 0 radical (unpaired) electrons. The third-order valence-corrected chi connectivity index (χ3v) is 9.93. The minimum atomic E-state index is -4.90. The van der Waals surface area contributed by atoms with Crippen molar-refractivity contribution in [3.8, 4) is 0 Å². The molecule has 256 valence electrons. The third kappa shape index (κ3) is 10.6. The van der Waals surface area contributed by atoms with Crippen LogP contribution in [0.15, 0.2) is 64.0 Å². The monoisotopic (exact) mass is 777 g/mol. The summed E-state index contributed by atoms with van der Waals surface area (Å²) in [6.07, 6.45) is -0.602. The first-order valence-electron chi connectivity index (χ1n) is 13.8. The minimum absolute atomic E-state index is 0.0630. The molecule has 17 heteroatoms. The van der Waals surface area contributed by atoms with E-state index in [1.165, 1.54) is 18.2 Å². The summed E-state index contributed by atoms with van der Waals surface area (Å²) in [5.74, 6) is -1.37. The zero-order valence-electron chi connectivity index (χ0n) is 26.4. The van der Waals surface area contributed by atoms with Crippen LogP contribution in [0.3, 0.4) is 0 Å². The van der Waals surface area contributed by atoms with Gasteiger partial charge in [-0.2, -0.15) is 9.78 Å². The first-order chi connectivity index (χ1) is 21.8. The number of halogens is 2. The second-order valence-corrected chi connectivity index (χ2v) is 17.1. The van der Waals surface area contributed by atoms with Crippen molar-refractivity contribution < 1.29 is 56.0 Å². The van der Waals surface area contributed by atoms with E-state index in [-0.39, 0.29) is 21.2 Å². The Bertz CT molecular complexity index is 1730. The number of anilines is 1. The fourth-order valence-corrected chi connectivity index (χ4v) is 8.00. The summed E-state index contributed by atoms with van der Waals surface area (Å²) >= 11 is 9.41. The number of benzene rings is 3. The van der Waals surface area contributed by atoms with Gasteiger partial charge in [-0.25, -0.2) is 8.42 Å². The molecule has 0 amide bonds. The van der Waals surface area contributed by atoms with E-state index in [1.807, 2.05) is 0 Å². The summed E-state index contributed by atoms with van der Waals surface area (Å²) in [5.41, 5.74) is -1.82. The average molecular weight is 779 g/mol. The fourth-order valence-electron chi connectivity index (χ4n) is 3.68. The largest absolute Gasteiger partial charge is 0.435 e. The molecule has 0 aliphatic carbocycles. The van der Waals surface area contributed by atoms with Crippen LogP contribution in [0.2, 0.25) is 5.02 Å². The molecule has 0 bridgehead atoms. The zero-order valence-corrected chi connectivity index (χ0v) is 30.4. The maximum absolute atomic E-state index is 14.3. The molecule has 13 nitrogen and oxygen atoms in total. The molecule has 3 aromatic carbocycles. The lowest BCUT2D eigenvalue weighted by Gasteiger charge is -2.28. The summed E-state index contributed by atoms with van der Waals surface area (Å²) in [6.45, 7) is 7.81. The third-order valence-electron chi connectivity index (χ3n) is 6.03. The topological polar surface area (TPSA) is 161 Å². The van der Waals surface area contributed by atoms with Crippen molar-refractivity contribution in [1.29, 1.82) is 0 Å². The lowest BCUT2D eigenvalue weighted by Crippen LogP contribution is -2.33. The summed E-state index contributed by atoms with van der Waals surface area (Å²) in [4.78, 5) is 45.7. The number of sulfonamides is 1. The minimum Gasteiger partial charge on any atom is -0.435 e. The van der Waals surface area contributed by atoms with Gasteiger partial charge in [-0.15, -0.1) is 9.35 Å². The number of hydrogen-bond donors (Lipinski definition) is 0. The van der Waals surface area contributed by atoms with E-state index in [0.717, 1.165) is 6.07 Å². The number of fused-ring (bicyclic) bond motifs is 1. The van der Waals surface area contributed by atoms with Crippen LogP contribution >= 0.6 is 35.1 Å². The van der Waals surface area contributed by atoms with E-state index in [4.69, 9.17) is 40.2 Å². The van der Waals surface area contributed by atoms with E-state index < -0.39 is 60.3 Å². The van der Waals surface area contributed by atoms with E-state index in [9.17, 15) is 27.4 Å². The van der Waals surface area contributed by atoms with Crippen LogP contribution in [0, 0.1) is 10.8 Å². The molecular weight excluding hydrogens is 745 g/mol. The van der Waals surface area contributed by atoms with Crippen LogP contribution in [0.1, 0.15) is 51.9 Å². The van der Waals surface area contributed by atoms with Crippen molar-refractivity contribution >= 4 is 79.8 Å². The SMILES string of the molecule is CC(C)(C)C(=O)OCOOP(=O)(CN(c1cc(C=O)cc2ccccc12)S(=O)(=O)c1cc(Cl)cc(Br)c1)OOCOC(=O)C(C)(C)C. The first-order valence-corrected chi connectivity index (χ1v) is 18.1. The Hall–Kier alpha value is -2.88. The summed E-state index contributed by atoms with van der Waals surface area (Å²) in [6, 6.07) is 13.3. The van der Waals surface area contributed by atoms with Crippen LogP contribution in [0.4, 0.5) is 5.69 Å². The number of rotatable bonds is 14. The number of ether oxygens (including phenoxy) is 2. The lowest BCUT2D eigenvalue weighted by atomic mass is 9.98. The molecule has 47 heavy (non-hydrogen) atoms. The molecule has 0 N–H and O–H groups in total. The highest BCUT2D eigenvalue weighted by atomic mass is 79.9. The Morgan fingerprint density at radius 3 is 1.96 bits per heavy atom. The highest BCUT2D eigenvalue weighted by Crippen LogP contribution is 2.52. The van der Waals surface area contributed by atoms with Gasteiger partial charge in [0, 0.05) is 20.4 Å². The molecule has 0 atom stereocenters. The van der Waals surface area contributed by atoms with Gasteiger partial charge in [-0.05, 0) is 77.3 Å². The quantitative estimate of drug-likeness (QED) is 0.0304. The van der Waals surface area contributed by atoms with Gasteiger partial charge in [-0.3, -0.25) is 23.3 Å². The second-order valence-electron chi connectivity index (χ2n) is 12.1. The van der Waals surface area contributed by atoms with Gasteiger partial charge in [0.25, 0.3) is 10.0 Å². The number of carbonyl (C=O) groups excluding carboxylic acids is 3. The number of nitrogens with zero attached hydrogens (tertiary/aromatic N) is 1. The predicted octanol–water partition coefficient (Wildman–Crippen LogP) is 7.40. The molecule has 0 unspecified atom stereocenters. The van der Waals surface area contributed by atoms with E-state index in [0.29, 0.717) is 25.8 Å². The molecule has 0 aromatic heterocycles. The smallest absolute Gasteiger partial charge is 0.404 e. The summed E-state index contributed by atoms with van der Waals surface area (Å²) in [7, 11) is -9.58. The molecule has 0 aliphatic heterocycles. The van der Waals surface area contributed by atoms with Crippen molar-refractivity contribution in [3.05, 3.63) is 69.7 Å². The molecule has 0 fully saturated rings. The van der Waals surface area contributed by atoms with Gasteiger partial charge >= 0.3 is 19.5 Å². The lowest BCUT2D eigenvalue weighted by molar-refractivity contribution is -0.309. The summed E-state index contributed by atoms with van der Waals surface area (Å²) in [5, 5.41) is 0.884. The van der Waals surface area contributed by atoms with Crippen LogP contribution in [-0.4, -0.2) is 46.5 Å². The van der Waals surface area contributed by atoms with Crippen LogP contribution in [-0.2, 0) is 52.8 Å². The molecule has 3 aromatic rings. The van der Waals surface area contributed by atoms with Gasteiger partial charge in [0.1, 0.15) is 12.6 Å². The molecule has 0 saturated carbocycles. The molecule has 0 aliphatic rings. The average Bonchev–Trinajstić information content (AvgIpc) is 2.98. The Morgan fingerprint density at radius 1 is 0.894 bits per heavy atom. The van der Waals surface area contributed by atoms with Crippen molar-refractivity contribution in [3.63, 3.8) is 0 Å². The van der Waals surface area contributed by atoms with Crippen molar-refractivity contribution in [2.45, 2.75) is 46.4 Å². The van der Waals surface area contributed by atoms with Gasteiger partial charge in [0.2, 0.25) is 13.6 Å². The van der Waals surface area contributed by atoms with Gasteiger partial charge in [0.05, 0.1) is 21.4 Å². The number of esters is 2. The normalized spacial score (nSPS) is 12.5. The Kier molecular flexibility index (Phi) is 12.8. The van der Waals surface area contributed by atoms with Crippen molar-refractivity contribution in [2.75, 3.05) is 24.2 Å². The molecular formula is C30H34BrClNO12PS. The first kappa shape index (κ1) is 38.6. The van der Waals surface area contributed by atoms with Crippen LogP contribution in [0.25, 0.3) is 10.8 Å². The summed E-state index contributed by atoms with van der Waals surface area (Å²) < 4.78 is 63.9. The zero-order chi connectivity index (χ0) is 35.2. The Balaban J connectivity index is 2.10. The van der Waals surface area contributed by atoms with E-state index >= 15 is 0 Å². The molecule has 3 rings (SSSR count). The highest BCUT2D eigenvalue weighted by Gasteiger charge is 2.39. The van der Waals surface area contributed by atoms with Gasteiger partial charge in [0.15, 0.2) is 0 Å². The predicted molar refractivity (Wildman–Crippen MR) is 176 cm³/mol. The highest BCUT2D eigenvalue weighted by molar-refractivity contribution is 9.10. The van der Waals surface area contributed by atoms with E-state index in [1.54, 1.807) is 71.9 Å². The Labute approximate surface area is 285 Å². The molecule has 0 saturated heterocycles. The number of aldehydes is 1. The van der Waals surface area contributed by atoms with Crippen LogP contribution in [0.5, 0.6) is 0 Å². The van der Waals surface area contributed by atoms with Crippen LogP contribution < -0.4 is 4.31 Å². The number of carbonyl (C=O) groups is 3. The van der Waals surface area contributed by atoms with Gasteiger partial charge < -0.3 is 9.47 Å². The second kappa shape index (κ2) is 15.6. The molecule has 0 heterocycles. The maximum Gasteiger partial charge on any atom is 0.404 e.